The second-order valence-corrected chi connectivity index (χ2v) is 7.47. The van der Waals surface area contributed by atoms with Crippen LogP contribution in [0.2, 0.25) is 0 Å². The summed E-state index contributed by atoms with van der Waals surface area (Å²) in [7, 11) is 1.52. The largest absolute Gasteiger partial charge is 0.497 e. The molecule has 0 fully saturated rings. The zero-order chi connectivity index (χ0) is 23.0. The van der Waals surface area contributed by atoms with E-state index in [-0.39, 0.29) is 17.0 Å². The van der Waals surface area contributed by atoms with E-state index in [1.807, 2.05) is 32.0 Å². The van der Waals surface area contributed by atoms with Gasteiger partial charge in [-0.3, -0.25) is 9.59 Å². The molecule has 5 nitrogen and oxygen atoms in total. The van der Waals surface area contributed by atoms with Crippen molar-refractivity contribution in [2.24, 2.45) is 0 Å². The van der Waals surface area contributed by atoms with Crippen molar-refractivity contribution in [1.82, 2.24) is 0 Å². The minimum Gasteiger partial charge on any atom is -0.497 e. The zero-order valence-electron chi connectivity index (χ0n) is 17.7. The molecule has 0 saturated heterocycles. The predicted octanol–water partition coefficient (Wildman–Crippen LogP) is 4.99. The molecule has 0 atom stereocenters. The molecule has 32 heavy (non-hydrogen) atoms. The van der Waals surface area contributed by atoms with Gasteiger partial charge in [0, 0.05) is 11.8 Å². The van der Waals surface area contributed by atoms with Crippen LogP contribution < -0.4 is 15.0 Å². The first-order valence-electron chi connectivity index (χ1n) is 9.87. The van der Waals surface area contributed by atoms with Gasteiger partial charge in [0.25, 0.3) is 11.8 Å². The molecule has 0 bridgehead atoms. The maximum Gasteiger partial charge on any atom is 0.282 e. The van der Waals surface area contributed by atoms with Crippen LogP contribution in [0.5, 0.6) is 5.75 Å². The Labute approximate surface area is 183 Å². The summed E-state index contributed by atoms with van der Waals surface area (Å²) in [6, 6.07) is 15.3. The number of anilines is 2. The summed E-state index contributed by atoms with van der Waals surface area (Å²) < 4.78 is 32.5. The highest BCUT2D eigenvalue weighted by Crippen LogP contribution is 2.35. The number of aryl methyl sites for hydroxylation is 2. The number of hydrogen-bond donors (Lipinski definition) is 1. The molecule has 2 amide bonds. The fourth-order valence-electron chi connectivity index (χ4n) is 3.53. The van der Waals surface area contributed by atoms with Crippen LogP contribution in [0.1, 0.15) is 16.7 Å². The molecule has 7 heteroatoms. The number of nitrogens with zero attached hydrogens (tertiary/aromatic N) is 1. The van der Waals surface area contributed by atoms with Gasteiger partial charge in [-0.2, -0.15) is 0 Å². The number of ether oxygens (including phenoxy) is 1. The number of halogens is 2. The molecule has 0 spiro atoms. The van der Waals surface area contributed by atoms with Gasteiger partial charge >= 0.3 is 0 Å². The highest BCUT2D eigenvalue weighted by molar-refractivity contribution is 6.46. The summed E-state index contributed by atoms with van der Waals surface area (Å²) in [5.41, 5.74) is 3.13. The molecular formula is C25H20F2N2O3. The van der Waals surface area contributed by atoms with Crippen LogP contribution in [0.3, 0.4) is 0 Å². The number of carbonyl (C=O) groups excluding carboxylic acids is 2. The first-order chi connectivity index (χ1) is 15.3. The highest BCUT2D eigenvalue weighted by Gasteiger charge is 2.40. The van der Waals surface area contributed by atoms with E-state index in [0.717, 1.165) is 28.2 Å². The Morgan fingerprint density at radius 1 is 0.844 bits per heavy atom. The molecule has 1 aliphatic heterocycles. The van der Waals surface area contributed by atoms with Gasteiger partial charge in [0.15, 0.2) is 11.6 Å². The van der Waals surface area contributed by atoms with Gasteiger partial charge in [0.1, 0.15) is 11.4 Å². The van der Waals surface area contributed by atoms with Crippen molar-refractivity contribution in [1.29, 1.82) is 0 Å². The van der Waals surface area contributed by atoms with Crippen LogP contribution in [0.4, 0.5) is 20.2 Å². The van der Waals surface area contributed by atoms with Gasteiger partial charge in [0.2, 0.25) is 0 Å². The third-order valence-electron chi connectivity index (χ3n) is 5.28. The van der Waals surface area contributed by atoms with E-state index < -0.39 is 23.4 Å². The van der Waals surface area contributed by atoms with E-state index in [1.54, 1.807) is 24.3 Å². The number of hydrogen-bond acceptors (Lipinski definition) is 4. The Morgan fingerprint density at radius 3 is 2.22 bits per heavy atom. The number of carbonyl (C=O) groups is 2. The van der Waals surface area contributed by atoms with E-state index in [1.165, 1.54) is 13.2 Å². The molecule has 0 saturated carbocycles. The molecule has 0 unspecified atom stereocenters. The van der Waals surface area contributed by atoms with Crippen LogP contribution in [0.15, 0.2) is 66.4 Å². The predicted molar refractivity (Wildman–Crippen MR) is 118 cm³/mol. The average molecular weight is 434 g/mol. The summed E-state index contributed by atoms with van der Waals surface area (Å²) >= 11 is 0. The number of rotatable bonds is 5. The minimum absolute atomic E-state index is 0.0531. The highest BCUT2D eigenvalue weighted by atomic mass is 19.2. The summed E-state index contributed by atoms with van der Waals surface area (Å²) in [4.78, 5) is 27.6. The van der Waals surface area contributed by atoms with Crippen LogP contribution >= 0.6 is 0 Å². The normalized spacial score (nSPS) is 13.7. The van der Waals surface area contributed by atoms with Crippen molar-refractivity contribution in [3.05, 3.63) is 94.7 Å². The molecule has 1 aliphatic rings. The smallest absolute Gasteiger partial charge is 0.282 e. The molecule has 1 heterocycles. The Kier molecular flexibility index (Phi) is 5.48. The molecule has 0 aliphatic carbocycles. The SMILES string of the molecule is COc1ccc(C2=C(Nc3cc(C)ccc3C)C(=O)N(c3ccc(F)c(F)c3)C2=O)cc1. The fraction of sp³-hybridized carbons (Fsp3) is 0.120. The quantitative estimate of drug-likeness (QED) is 0.575. The Morgan fingerprint density at radius 2 is 1.56 bits per heavy atom. The second kappa shape index (κ2) is 8.26. The molecule has 1 N–H and O–H groups in total. The molecule has 0 radical (unpaired) electrons. The molecule has 4 rings (SSSR count). The molecular weight excluding hydrogens is 414 g/mol. The monoisotopic (exact) mass is 434 g/mol. The van der Waals surface area contributed by atoms with Crippen LogP contribution in [-0.4, -0.2) is 18.9 Å². The van der Waals surface area contributed by atoms with Gasteiger partial charge in [-0.25, -0.2) is 13.7 Å². The number of imide groups is 1. The molecule has 3 aromatic carbocycles. The van der Waals surface area contributed by atoms with Crippen molar-refractivity contribution >= 4 is 28.8 Å². The summed E-state index contributed by atoms with van der Waals surface area (Å²) in [6.45, 7) is 3.79. The van der Waals surface area contributed by atoms with Crippen LogP contribution in [0.25, 0.3) is 5.57 Å². The summed E-state index contributed by atoms with van der Waals surface area (Å²) in [5, 5.41) is 3.10. The van der Waals surface area contributed by atoms with Crippen molar-refractivity contribution in [3.63, 3.8) is 0 Å². The first kappa shape index (κ1) is 21.2. The molecule has 3 aromatic rings. The second-order valence-electron chi connectivity index (χ2n) is 7.47. The van der Waals surface area contributed by atoms with Gasteiger partial charge < -0.3 is 10.1 Å². The van der Waals surface area contributed by atoms with E-state index in [9.17, 15) is 18.4 Å². The lowest BCUT2D eigenvalue weighted by Crippen LogP contribution is -2.32. The Hall–Kier alpha value is -4.00. The van der Waals surface area contributed by atoms with Crippen molar-refractivity contribution in [2.45, 2.75) is 13.8 Å². The van der Waals surface area contributed by atoms with Gasteiger partial charge in [-0.05, 0) is 60.9 Å². The first-order valence-corrected chi connectivity index (χ1v) is 9.87. The zero-order valence-corrected chi connectivity index (χ0v) is 17.7. The minimum atomic E-state index is -1.15. The van der Waals surface area contributed by atoms with Crippen molar-refractivity contribution in [3.8, 4) is 5.75 Å². The molecule has 0 aromatic heterocycles. The number of amides is 2. The van der Waals surface area contributed by atoms with E-state index in [0.29, 0.717) is 17.0 Å². The lowest BCUT2D eigenvalue weighted by Gasteiger charge is -2.16. The fourth-order valence-corrected chi connectivity index (χ4v) is 3.53. The standard InChI is InChI=1S/C25H20F2N2O3/c1-14-4-5-15(2)21(12-14)28-23-22(16-6-9-18(32-3)10-7-16)24(30)29(25(23)31)17-8-11-19(26)20(27)13-17/h4-13,28H,1-3H3. The van der Waals surface area contributed by atoms with E-state index in [2.05, 4.69) is 5.32 Å². The summed E-state index contributed by atoms with van der Waals surface area (Å²) in [6.07, 6.45) is 0. The number of methoxy groups -OCH3 is 1. The number of benzene rings is 3. The third-order valence-corrected chi connectivity index (χ3v) is 5.28. The maximum atomic E-state index is 13.9. The lowest BCUT2D eigenvalue weighted by molar-refractivity contribution is -0.120. The van der Waals surface area contributed by atoms with Gasteiger partial charge in [-0.15, -0.1) is 0 Å². The van der Waals surface area contributed by atoms with Crippen molar-refractivity contribution < 1.29 is 23.1 Å². The van der Waals surface area contributed by atoms with E-state index >= 15 is 0 Å². The lowest BCUT2D eigenvalue weighted by atomic mass is 10.0. The number of nitrogens with one attached hydrogen (secondary N) is 1. The molecule has 162 valence electrons. The average Bonchev–Trinajstić information content (AvgIpc) is 3.02. The topological polar surface area (TPSA) is 58.6 Å². The van der Waals surface area contributed by atoms with Gasteiger partial charge in [-0.1, -0.05) is 24.3 Å². The van der Waals surface area contributed by atoms with E-state index in [4.69, 9.17) is 4.74 Å². The van der Waals surface area contributed by atoms with Crippen LogP contribution in [-0.2, 0) is 9.59 Å². The third kappa shape index (κ3) is 3.73. The Bertz CT molecular complexity index is 1270. The van der Waals surface area contributed by atoms with Crippen LogP contribution in [0, 0.1) is 25.5 Å². The van der Waals surface area contributed by atoms with Gasteiger partial charge in [0.05, 0.1) is 18.4 Å². The summed E-state index contributed by atoms with van der Waals surface area (Å²) in [5.74, 6) is -2.92. The Balaban J connectivity index is 1.84. The maximum absolute atomic E-state index is 13.9. The van der Waals surface area contributed by atoms with Crippen molar-refractivity contribution in [2.75, 3.05) is 17.3 Å².